The summed E-state index contributed by atoms with van der Waals surface area (Å²) >= 11 is 3.29. The van der Waals surface area contributed by atoms with E-state index in [1.54, 1.807) is 35.7 Å². The van der Waals surface area contributed by atoms with Crippen LogP contribution in [0.2, 0.25) is 0 Å². The van der Waals surface area contributed by atoms with Crippen LogP contribution >= 0.6 is 23.1 Å². The number of ether oxygens (including phenoxy) is 1. The minimum atomic E-state index is 0.240. The molecule has 1 aromatic heterocycles. The first kappa shape index (κ1) is 15.3. The van der Waals surface area contributed by atoms with Gasteiger partial charge in [-0.05, 0) is 19.5 Å². The van der Waals surface area contributed by atoms with Crippen LogP contribution in [-0.2, 0) is 0 Å². The highest BCUT2D eigenvalue weighted by atomic mass is 32.2. The minimum absolute atomic E-state index is 0.240. The van der Waals surface area contributed by atoms with Crippen LogP contribution < -0.4 is 10.1 Å². The van der Waals surface area contributed by atoms with Crippen molar-refractivity contribution in [2.75, 3.05) is 19.4 Å². The molecule has 1 heterocycles. The Kier molecular flexibility index (Phi) is 5.82. The summed E-state index contributed by atoms with van der Waals surface area (Å²) in [5, 5.41) is 11.5. The van der Waals surface area contributed by atoms with Crippen LogP contribution in [0, 0.1) is 6.92 Å². The summed E-state index contributed by atoms with van der Waals surface area (Å²) in [6.07, 6.45) is 0. The molecule has 0 amide bonds. The summed E-state index contributed by atoms with van der Waals surface area (Å²) in [5.74, 6) is 1.84. The molecule has 0 saturated carbocycles. The van der Waals surface area contributed by atoms with E-state index >= 15 is 0 Å². The van der Waals surface area contributed by atoms with Crippen molar-refractivity contribution in [2.24, 2.45) is 0 Å². The second-order valence-electron chi connectivity index (χ2n) is 4.37. The number of hydrogen-bond donors (Lipinski definition) is 1. The van der Waals surface area contributed by atoms with Gasteiger partial charge in [-0.15, -0.1) is 10.2 Å². The summed E-state index contributed by atoms with van der Waals surface area (Å²) < 4.78 is 6.49. The molecule has 2 rings (SSSR count). The topological polar surface area (TPSA) is 47.0 Å². The van der Waals surface area contributed by atoms with E-state index in [0.29, 0.717) is 0 Å². The van der Waals surface area contributed by atoms with Gasteiger partial charge < -0.3 is 10.1 Å². The summed E-state index contributed by atoms with van der Waals surface area (Å²) in [7, 11) is 1.72. The van der Waals surface area contributed by atoms with Crippen molar-refractivity contribution in [1.82, 2.24) is 15.5 Å². The van der Waals surface area contributed by atoms with Gasteiger partial charge in [-0.2, -0.15) is 0 Å². The normalized spacial score (nSPS) is 12.3. The van der Waals surface area contributed by atoms with Gasteiger partial charge in [0.25, 0.3) is 0 Å². The smallest absolute Gasteiger partial charge is 0.174 e. The van der Waals surface area contributed by atoms with Gasteiger partial charge in [0.15, 0.2) is 4.34 Å². The molecule has 4 nitrogen and oxygen atoms in total. The van der Waals surface area contributed by atoms with Crippen molar-refractivity contribution in [2.45, 2.75) is 24.2 Å². The van der Waals surface area contributed by atoms with Crippen molar-refractivity contribution in [1.29, 1.82) is 0 Å². The summed E-state index contributed by atoms with van der Waals surface area (Å²) in [4.78, 5) is 0. The molecule has 6 heteroatoms. The first-order valence-corrected chi connectivity index (χ1v) is 8.38. The first-order chi connectivity index (χ1) is 9.74. The van der Waals surface area contributed by atoms with Crippen molar-refractivity contribution in [3.63, 3.8) is 0 Å². The summed E-state index contributed by atoms with van der Waals surface area (Å²) in [6, 6.07) is 6.53. The quantitative estimate of drug-likeness (QED) is 0.795. The van der Waals surface area contributed by atoms with Gasteiger partial charge in [-0.3, -0.25) is 0 Å². The number of rotatable bonds is 7. The number of aryl methyl sites for hydroxylation is 1. The zero-order chi connectivity index (χ0) is 14.4. The third-order valence-corrected chi connectivity index (χ3v) is 4.88. The molecule has 0 aliphatic rings. The lowest BCUT2D eigenvalue weighted by molar-refractivity contribution is 0.403. The maximum Gasteiger partial charge on any atom is 0.174 e. The van der Waals surface area contributed by atoms with Gasteiger partial charge >= 0.3 is 0 Å². The Hall–Kier alpha value is -1.11. The highest BCUT2D eigenvalue weighted by Crippen LogP contribution is 2.31. The van der Waals surface area contributed by atoms with E-state index in [0.717, 1.165) is 22.4 Å². The zero-order valence-electron chi connectivity index (χ0n) is 11.9. The maximum atomic E-state index is 5.49. The molecule has 0 aliphatic heterocycles. The predicted octanol–water partition coefficient (Wildman–Crippen LogP) is 3.30. The van der Waals surface area contributed by atoms with E-state index < -0.39 is 0 Å². The number of hydrogen-bond acceptors (Lipinski definition) is 6. The predicted molar refractivity (Wildman–Crippen MR) is 84.8 cm³/mol. The minimum Gasteiger partial charge on any atom is -0.496 e. The second-order valence-corrected chi connectivity index (χ2v) is 6.47. The molecular weight excluding hydrogens is 290 g/mol. The standard InChI is InChI=1S/C14H19N3OS2/c1-4-15-12(8-19-14-17-16-9-20-14)11-7-10(2)5-6-13(11)18-3/h5-7,9,12,15H,4,8H2,1-3H3. The SMILES string of the molecule is CCNC(CSc1nncs1)c1cc(C)ccc1OC. The van der Waals surface area contributed by atoms with Gasteiger partial charge in [0, 0.05) is 17.4 Å². The molecule has 1 unspecified atom stereocenters. The van der Waals surface area contributed by atoms with Crippen LogP contribution in [-0.4, -0.2) is 29.6 Å². The molecule has 0 fully saturated rings. The molecular formula is C14H19N3OS2. The monoisotopic (exact) mass is 309 g/mol. The van der Waals surface area contributed by atoms with Crippen LogP contribution in [0.1, 0.15) is 24.1 Å². The number of methoxy groups -OCH3 is 1. The Bertz CT molecular complexity index is 531. The lowest BCUT2D eigenvalue weighted by atomic mass is 10.0. The molecule has 0 saturated heterocycles. The van der Waals surface area contributed by atoms with Crippen molar-refractivity contribution in [3.8, 4) is 5.75 Å². The van der Waals surface area contributed by atoms with E-state index in [1.165, 1.54) is 11.1 Å². The van der Waals surface area contributed by atoms with Crippen LogP contribution in [0.15, 0.2) is 28.0 Å². The van der Waals surface area contributed by atoms with Gasteiger partial charge in [0.05, 0.1) is 7.11 Å². The van der Waals surface area contributed by atoms with Gasteiger partial charge in [-0.25, -0.2) is 0 Å². The number of nitrogens with zero attached hydrogens (tertiary/aromatic N) is 2. The van der Waals surface area contributed by atoms with Crippen LogP contribution in [0.5, 0.6) is 5.75 Å². The Morgan fingerprint density at radius 1 is 1.45 bits per heavy atom. The van der Waals surface area contributed by atoms with E-state index in [2.05, 4.69) is 41.5 Å². The third-order valence-electron chi connectivity index (χ3n) is 2.92. The summed E-state index contributed by atoms with van der Waals surface area (Å²) in [5.41, 5.74) is 4.20. The average Bonchev–Trinajstić information content (AvgIpc) is 2.96. The van der Waals surface area contributed by atoms with E-state index in [4.69, 9.17) is 4.74 Å². The number of thioether (sulfide) groups is 1. The zero-order valence-corrected chi connectivity index (χ0v) is 13.6. The van der Waals surface area contributed by atoms with E-state index in [-0.39, 0.29) is 6.04 Å². The van der Waals surface area contributed by atoms with Crippen LogP contribution in [0.3, 0.4) is 0 Å². The third kappa shape index (κ3) is 3.94. The van der Waals surface area contributed by atoms with E-state index in [9.17, 15) is 0 Å². The number of aromatic nitrogens is 2. The summed E-state index contributed by atoms with van der Waals surface area (Å²) in [6.45, 7) is 5.13. The van der Waals surface area contributed by atoms with Gasteiger partial charge in [0.1, 0.15) is 11.3 Å². The molecule has 20 heavy (non-hydrogen) atoms. The molecule has 0 spiro atoms. The molecule has 0 radical (unpaired) electrons. The fraction of sp³-hybridized carbons (Fsp3) is 0.429. The second kappa shape index (κ2) is 7.61. The molecule has 2 aromatic rings. The lowest BCUT2D eigenvalue weighted by Gasteiger charge is -2.20. The first-order valence-electron chi connectivity index (χ1n) is 6.51. The highest BCUT2D eigenvalue weighted by molar-refractivity contribution is 8.01. The molecule has 1 aromatic carbocycles. The van der Waals surface area contributed by atoms with Crippen LogP contribution in [0.4, 0.5) is 0 Å². The molecule has 1 atom stereocenters. The average molecular weight is 309 g/mol. The fourth-order valence-corrected chi connectivity index (χ4v) is 3.61. The molecule has 1 N–H and O–H groups in total. The van der Waals surface area contributed by atoms with Gasteiger partial charge in [-0.1, -0.05) is 47.7 Å². The molecule has 0 bridgehead atoms. The Labute approximate surface area is 128 Å². The molecule has 0 aliphatic carbocycles. The maximum absolute atomic E-state index is 5.49. The van der Waals surface area contributed by atoms with E-state index in [1.807, 2.05) is 6.07 Å². The van der Waals surface area contributed by atoms with Crippen molar-refractivity contribution in [3.05, 3.63) is 34.8 Å². The van der Waals surface area contributed by atoms with Crippen molar-refractivity contribution >= 4 is 23.1 Å². The van der Waals surface area contributed by atoms with Gasteiger partial charge in [0.2, 0.25) is 0 Å². The highest BCUT2D eigenvalue weighted by Gasteiger charge is 2.16. The van der Waals surface area contributed by atoms with Crippen LogP contribution in [0.25, 0.3) is 0 Å². The Balaban J connectivity index is 2.16. The van der Waals surface area contributed by atoms with Crippen molar-refractivity contribution < 1.29 is 4.74 Å². The largest absolute Gasteiger partial charge is 0.496 e. The number of nitrogens with one attached hydrogen (secondary N) is 1. The number of benzene rings is 1. The Morgan fingerprint density at radius 2 is 2.30 bits per heavy atom. The Morgan fingerprint density at radius 3 is 2.95 bits per heavy atom. The molecule has 108 valence electrons. The fourth-order valence-electron chi connectivity index (χ4n) is 2.01. The lowest BCUT2D eigenvalue weighted by Crippen LogP contribution is -2.23.